The average molecular weight is 539 g/mol. The molecule has 3 N–H and O–H groups in total. The van der Waals surface area contributed by atoms with Gasteiger partial charge in [0.2, 0.25) is 11.8 Å². The minimum Gasteiger partial charge on any atom is -0.480 e. The molecule has 3 aromatic carbocycles. The van der Waals surface area contributed by atoms with Gasteiger partial charge in [-0.2, -0.15) is 0 Å². The summed E-state index contributed by atoms with van der Waals surface area (Å²) in [5.41, 5.74) is 1.56. The maximum absolute atomic E-state index is 13.6. The van der Waals surface area contributed by atoms with Crippen LogP contribution in [0, 0.1) is 5.92 Å². The molecule has 3 aromatic rings. The van der Waals surface area contributed by atoms with Gasteiger partial charge in [-0.15, -0.1) is 0 Å². The highest BCUT2D eigenvalue weighted by Gasteiger charge is 2.37. The van der Waals surface area contributed by atoms with E-state index in [1.54, 1.807) is 12.1 Å². The van der Waals surface area contributed by atoms with Crippen molar-refractivity contribution in [3.8, 4) is 0 Å². The molecule has 39 heavy (non-hydrogen) atoms. The smallest absolute Gasteiger partial charge is 0.408 e. The molecule has 0 heterocycles. The predicted molar refractivity (Wildman–Crippen MR) is 142 cm³/mol. The molecule has 9 heteroatoms. The number of carboxylic acid groups (broad SMARTS) is 1. The van der Waals surface area contributed by atoms with Crippen LogP contribution in [0.2, 0.25) is 0 Å². The fourth-order valence-corrected chi connectivity index (χ4v) is 4.97. The van der Waals surface area contributed by atoms with Crippen molar-refractivity contribution in [2.75, 3.05) is 0 Å². The van der Waals surface area contributed by atoms with Crippen LogP contribution in [0.15, 0.2) is 72.8 Å². The fourth-order valence-electron chi connectivity index (χ4n) is 4.97. The standard InChI is InChI=1S/C30H32F2N2O5/c31-30(32)15-13-20(14-16-30)17-26(28(36)37)33-27(35)25(34-29(38)39-19-21-7-2-1-3-8-21)18-23-11-6-10-22-9-4-5-12-24(22)23/h1-12,20,25-26H,13-19H2,(H,33,35)(H,34,38)(H,36,37)/t25-,26-/m0/s1. The van der Waals surface area contributed by atoms with Gasteiger partial charge in [0.25, 0.3) is 0 Å². The minimum absolute atomic E-state index is 0.000650. The summed E-state index contributed by atoms with van der Waals surface area (Å²) < 4.78 is 32.4. The molecule has 2 atom stereocenters. The third-order valence-corrected chi connectivity index (χ3v) is 7.15. The van der Waals surface area contributed by atoms with Crippen molar-refractivity contribution in [2.45, 2.75) is 63.1 Å². The van der Waals surface area contributed by atoms with Crippen LogP contribution in [-0.2, 0) is 27.4 Å². The van der Waals surface area contributed by atoms with E-state index in [1.807, 2.05) is 60.7 Å². The molecule has 0 bridgehead atoms. The summed E-state index contributed by atoms with van der Waals surface area (Å²) in [6, 6.07) is 19.9. The van der Waals surface area contributed by atoms with E-state index in [9.17, 15) is 28.3 Å². The van der Waals surface area contributed by atoms with Gasteiger partial charge < -0.3 is 20.5 Å². The molecule has 1 aliphatic rings. The zero-order chi connectivity index (χ0) is 27.8. The van der Waals surface area contributed by atoms with Gasteiger partial charge in [0.15, 0.2) is 0 Å². The Morgan fingerprint density at radius 3 is 2.28 bits per heavy atom. The Morgan fingerprint density at radius 1 is 0.897 bits per heavy atom. The van der Waals surface area contributed by atoms with E-state index in [0.717, 1.165) is 21.9 Å². The highest BCUT2D eigenvalue weighted by molar-refractivity contribution is 5.91. The molecule has 1 saturated carbocycles. The number of halogens is 2. The number of carbonyl (C=O) groups excluding carboxylic acids is 2. The zero-order valence-corrected chi connectivity index (χ0v) is 21.4. The Hall–Kier alpha value is -4.01. The van der Waals surface area contributed by atoms with E-state index >= 15 is 0 Å². The summed E-state index contributed by atoms with van der Waals surface area (Å²) in [5, 5.41) is 16.8. The number of alkyl carbamates (subject to hydrolysis) is 1. The van der Waals surface area contributed by atoms with Crippen molar-refractivity contribution >= 4 is 28.7 Å². The quantitative estimate of drug-likeness (QED) is 0.318. The number of hydrogen-bond donors (Lipinski definition) is 3. The number of rotatable bonds is 10. The first-order valence-corrected chi connectivity index (χ1v) is 13.0. The number of amides is 2. The normalized spacial score (nSPS) is 16.7. The Morgan fingerprint density at radius 2 is 1.56 bits per heavy atom. The first kappa shape index (κ1) is 28.0. The van der Waals surface area contributed by atoms with E-state index in [1.165, 1.54) is 0 Å². The number of fused-ring (bicyclic) bond motifs is 1. The van der Waals surface area contributed by atoms with Gasteiger partial charge in [-0.3, -0.25) is 4.79 Å². The molecule has 1 fully saturated rings. The van der Waals surface area contributed by atoms with Crippen LogP contribution in [-0.4, -0.2) is 41.1 Å². The third-order valence-electron chi connectivity index (χ3n) is 7.15. The number of carbonyl (C=O) groups is 3. The molecular formula is C30H32F2N2O5. The lowest BCUT2D eigenvalue weighted by Gasteiger charge is -2.30. The van der Waals surface area contributed by atoms with Crippen LogP contribution in [0.5, 0.6) is 0 Å². The molecule has 0 radical (unpaired) electrons. The van der Waals surface area contributed by atoms with Crippen LogP contribution >= 0.6 is 0 Å². The van der Waals surface area contributed by atoms with Crippen LogP contribution < -0.4 is 10.6 Å². The molecule has 2 amide bonds. The maximum atomic E-state index is 13.6. The second kappa shape index (κ2) is 12.7. The Balaban J connectivity index is 1.48. The number of alkyl halides is 2. The van der Waals surface area contributed by atoms with Crippen LogP contribution in [0.25, 0.3) is 10.8 Å². The molecule has 1 aliphatic carbocycles. The molecule has 0 unspecified atom stereocenters. The SMILES string of the molecule is O=C(N[C@@H](Cc1cccc2ccccc12)C(=O)N[C@@H](CC1CCC(F)(F)CC1)C(=O)O)OCc1ccccc1. The summed E-state index contributed by atoms with van der Waals surface area (Å²) in [5.74, 6) is -4.91. The molecule has 4 rings (SSSR count). The van der Waals surface area contributed by atoms with Crippen molar-refractivity contribution < 1.29 is 33.0 Å². The highest BCUT2D eigenvalue weighted by Crippen LogP contribution is 2.37. The van der Waals surface area contributed by atoms with Gasteiger partial charge >= 0.3 is 12.1 Å². The Kier molecular flexibility index (Phi) is 9.11. The number of carboxylic acids is 1. The number of ether oxygens (including phenoxy) is 1. The van der Waals surface area contributed by atoms with Gasteiger partial charge in [0, 0.05) is 19.3 Å². The van der Waals surface area contributed by atoms with Gasteiger partial charge in [-0.05, 0) is 47.1 Å². The zero-order valence-electron chi connectivity index (χ0n) is 21.4. The lowest BCUT2D eigenvalue weighted by atomic mass is 9.83. The second-order valence-electron chi connectivity index (χ2n) is 10.0. The number of hydrogen-bond acceptors (Lipinski definition) is 4. The average Bonchev–Trinajstić information content (AvgIpc) is 2.93. The highest BCUT2D eigenvalue weighted by atomic mass is 19.3. The van der Waals surface area contributed by atoms with Crippen molar-refractivity contribution in [3.63, 3.8) is 0 Å². The molecule has 0 spiro atoms. The van der Waals surface area contributed by atoms with Gasteiger partial charge in [-0.1, -0.05) is 72.8 Å². The number of aliphatic carboxylic acids is 1. The topological polar surface area (TPSA) is 105 Å². The van der Waals surface area contributed by atoms with Gasteiger partial charge in [0.1, 0.15) is 18.7 Å². The molecular weight excluding hydrogens is 506 g/mol. The van der Waals surface area contributed by atoms with Crippen molar-refractivity contribution in [1.82, 2.24) is 10.6 Å². The molecule has 7 nitrogen and oxygen atoms in total. The number of nitrogens with one attached hydrogen (secondary N) is 2. The molecule has 206 valence electrons. The molecule has 0 aliphatic heterocycles. The summed E-state index contributed by atoms with van der Waals surface area (Å²) in [4.78, 5) is 38.1. The van der Waals surface area contributed by atoms with Crippen LogP contribution in [0.1, 0.15) is 43.2 Å². The lowest BCUT2D eigenvalue weighted by molar-refractivity contribution is -0.143. The van der Waals surface area contributed by atoms with E-state index in [2.05, 4.69) is 10.6 Å². The van der Waals surface area contributed by atoms with E-state index in [4.69, 9.17) is 4.74 Å². The van der Waals surface area contributed by atoms with Crippen molar-refractivity contribution in [1.29, 1.82) is 0 Å². The summed E-state index contributed by atoms with van der Waals surface area (Å²) >= 11 is 0. The first-order chi connectivity index (χ1) is 18.7. The van der Waals surface area contributed by atoms with Crippen LogP contribution in [0.3, 0.4) is 0 Å². The fraction of sp³-hybridized carbons (Fsp3) is 0.367. The van der Waals surface area contributed by atoms with Gasteiger partial charge in [-0.25, -0.2) is 18.4 Å². The second-order valence-corrected chi connectivity index (χ2v) is 10.0. The van der Waals surface area contributed by atoms with E-state index in [-0.39, 0.29) is 51.0 Å². The van der Waals surface area contributed by atoms with Crippen LogP contribution in [0.4, 0.5) is 13.6 Å². The maximum Gasteiger partial charge on any atom is 0.408 e. The van der Waals surface area contributed by atoms with Crippen molar-refractivity contribution in [2.24, 2.45) is 5.92 Å². The molecule has 0 saturated heterocycles. The Labute approximate surface area is 225 Å². The summed E-state index contributed by atoms with van der Waals surface area (Å²) in [6.07, 6.45) is -0.897. The predicted octanol–water partition coefficient (Wildman–Crippen LogP) is 5.46. The summed E-state index contributed by atoms with van der Waals surface area (Å²) in [7, 11) is 0. The number of benzene rings is 3. The monoisotopic (exact) mass is 538 g/mol. The summed E-state index contributed by atoms with van der Waals surface area (Å²) in [6.45, 7) is -0.000650. The Bertz CT molecular complexity index is 1290. The minimum atomic E-state index is -2.73. The van der Waals surface area contributed by atoms with Crippen molar-refractivity contribution in [3.05, 3.63) is 83.9 Å². The van der Waals surface area contributed by atoms with E-state index < -0.39 is 36.0 Å². The van der Waals surface area contributed by atoms with E-state index in [0.29, 0.717) is 0 Å². The van der Waals surface area contributed by atoms with Gasteiger partial charge in [0.05, 0.1) is 0 Å². The first-order valence-electron chi connectivity index (χ1n) is 13.0. The largest absolute Gasteiger partial charge is 0.480 e. The third kappa shape index (κ3) is 7.99. The lowest BCUT2D eigenvalue weighted by Crippen LogP contribution is -2.53. The molecule has 0 aromatic heterocycles.